The van der Waals surface area contributed by atoms with Crippen molar-refractivity contribution < 1.29 is 4.76 Å². The van der Waals surface area contributed by atoms with Gasteiger partial charge in [-0.25, -0.2) is 4.98 Å². The molecule has 0 atom stereocenters. The second-order valence-corrected chi connectivity index (χ2v) is 3.12. The fourth-order valence-electron chi connectivity index (χ4n) is 1.01. The second kappa shape index (κ2) is 2.77. The third kappa shape index (κ3) is 1.08. The van der Waals surface area contributed by atoms with Crippen molar-refractivity contribution >= 4 is 28.6 Å². The van der Waals surface area contributed by atoms with Gasteiger partial charge in [-0.2, -0.15) is 5.41 Å². The molecule has 0 saturated carbocycles. The lowest BCUT2D eigenvalue weighted by atomic mass is 10.4. The average Bonchev–Trinajstić information content (AvgIpc) is 2.59. The van der Waals surface area contributed by atoms with Gasteiger partial charge in [0.15, 0.2) is 5.69 Å². The summed E-state index contributed by atoms with van der Waals surface area (Å²) in [5, 5.41) is 7.72. The summed E-state index contributed by atoms with van der Waals surface area (Å²) in [4.78, 5) is 21.8. The smallest absolute Gasteiger partial charge is 0.336 e. The summed E-state index contributed by atoms with van der Waals surface area (Å²) in [6, 6.07) is 0. The second-order valence-electron chi connectivity index (χ2n) is 2.34. The SMILES string of the molecule is CSC1=Nc2nc[nH]c2C(=N)[N+]1=O. The van der Waals surface area contributed by atoms with E-state index in [-0.39, 0.29) is 11.0 Å². The lowest BCUT2D eigenvalue weighted by Crippen LogP contribution is -2.26. The first-order valence-corrected chi connectivity index (χ1v) is 4.68. The number of nitrogens with one attached hydrogen (secondary N) is 2. The van der Waals surface area contributed by atoms with Crippen molar-refractivity contribution in [1.82, 2.24) is 9.97 Å². The van der Waals surface area contributed by atoms with Gasteiger partial charge in [0.1, 0.15) is 0 Å². The molecule has 0 aromatic carbocycles. The molecule has 7 heteroatoms. The molecule has 2 rings (SSSR count). The Bertz CT molecular complexity index is 420. The Morgan fingerprint density at radius 2 is 2.46 bits per heavy atom. The molecule has 0 aliphatic carbocycles. The van der Waals surface area contributed by atoms with Gasteiger partial charge in [0.2, 0.25) is 0 Å². The van der Waals surface area contributed by atoms with Crippen molar-refractivity contribution in [2.45, 2.75) is 0 Å². The number of thioether (sulfide) groups is 1. The molecule has 0 fully saturated rings. The first kappa shape index (κ1) is 8.11. The maximum atomic E-state index is 11.3. The fraction of sp³-hybridized carbons (Fsp3) is 0.167. The number of hydrogen-bond acceptors (Lipinski definition) is 5. The zero-order valence-corrected chi connectivity index (χ0v) is 7.55. The maximum Gasteiger partial charge on any atom is 0.343 e. The Morgan fingerprint density at radius 1 is 1.69 bits per heavy atom. The number of nitrogens with zero attached hydrogens (tertiary/aromatic N) is 3. The largest absolute Gasteiger partial charge is 0.343 e. The van der Waals surface area contributed by atoms with Gasteiger partial charge < -0.3 is 4.98 Å². The molecule has 13 heavy (non-hydrogen) atoms. The predicted molar refractivity (Wildman–Crippen MR) is 49.7 cm³/mol. The first-order chi connectivity index (χ1) is 6.24. The molecule has 0 unspecified atom stereocenters. The molecule has 0 saturated heterocycles. The minimum atomic E-state index is -0.146. The van der Waals surface area contributed by atoms with E-state index in [1.807, 2.05) is 0 Å². The highest BCUT2D eigenvalue weighted by atomic mass is 32.2. The van der Waals surface area contributed by atoms with E-state index in [0.717, 1.165) is 0 Å². The number of aromatic nitrogens is 2. The number of H-pyrrole nitrogens is 1. The van der Waals surface area contributed by atoms with Gasteiger partial charge in [-0.1, -0.05) is 21.7 Å². The van der Waals surface area contributed by atoms with Crippen molar-refractivity contribution in [2.24, 2.45) is 4.99 Å². The van der Waals surface area contributed by atoms with Crippen molar-refractivity contribution in [2.75, 3.05) is 6.26 Å². The summed E-state index contributed by atoms with van der Waals surface area (Å²) in [5.41, 5.74) is 0.368. The number of rotatable bonds is 0. The monoisotopic (exact) mass is 196 g/mol. The molecular weight excluding hydrogens is 190 g/mol. The fourth-order valence-corrected chi connectivity index (χ4v) is 1.44. The van der Waals surface area contributed by atoms with Crippen LogP contribution in [0.15, 0.2) is 11.3 Å². The minimum absolute atomic E-state index is 0.146. The summed E-state index contributed by atoms with van der Waals surface area (Å²) in [6.45, 7) is 0. The molecule has 2 N–H and O–H groups in total. The molecule has 66 valence electrons. The number of aliphatic imine (C=N–C) groups is 1. The standard InChI is InChI=1S/C6H6N5OS/c1-13-6-10-5-3(8-2-9-5)4(7)11(6)12/h2,7H,1H3,(H,8,9)/q+1. The Balaban J connectivity index is 2.60. The Morgan fingerprint density at radius 3 is 3.15 bits per heavy atom. The molecule has 0 radical (unpaired) electrons. The molecule has 2 heterocycles. The van der Waals surface area contributed by atoms with Crippen LogP contribution in [-0.4, -0.2) is 32.0 Å². The molecule has 0 amide bonds. The summed E-state index contributed by atoms with van der Waals surface area (Å²) >= 11 is 1.19. The molecular formula is C6H6N5OS+. The van der Waals surface area contributed by atoms with E-state index in [2.05, 4.69) is 15.0 Å². The Hall–Kier alpha value is -1.50. The molecule has 0 bridgehead atoms. The molecule has 1 aromatic rings. The van der Waals surface area contributed by atoms with Gasteiger partial charge in [-0.15, -0.1) is 0 Å². The van der Waals surface area contributed by atoms with Crippen LogP contribution < -0.4 is 0 Å². The van der Waals surface area contributed by atoms with E-state index in [9.17, 15) is 4.91 Å². The van der Waals surface area contributed by atoms with E-state index >= 15 is 0 Å². The van der Waals surface area contributed by atoms with Crippen LogP contribution in [0.4, 0.5) is 5.82 Å². The number of hydrogen-bond donors (Lipinski definition) is 2. The van der Waals surface area contributed by atoms with E-state index in [1.165, 1.54) is 18.1 Å². The highest BCUT2D eigenvalue weighted by molar-refractivity contribution is 8.12. The van der Waals surface area contributed by atoms with Gasteiger partial charge >= 0.3 is 11.0 Å². The van der Waals surface area contributed by atoms with Crippen LogP contribution in [0.2, 0.25) is 0 Å². The lowest BCUT2D eigenvalue weighted by Gasteiger charge is -2.01. The molecule has 0 spiro atoms. The third-order valence-electron chi connectivity index (χ3n) is 1.62. The van der Waals surface area contributed by atoms with Crippen molar-refractivity contribution in [3.8, 4) is 0 Å². The summed E-state index contributed by atoms with van der Waals surface area (Å²) < 4.78 is 0.477. The number of fused-ring (bicyclic) bond motifs is 1. The zero-order chi connectivity index (χ0) is 9.42. The van der Waals surface area contributed by atoms with Crippen LogP contribution in [0.5, 0.6) is 0 Å². The summed E-state index contributed by atoms with van der Waals surface area (Å²) in [6.07, 6.45) is 3.15. The molecule has 1 aliphatic heterocycles. The lowest BCUT2D eigenvalue weighted by molar-refractivity contribution is -0.289. The predicted octanol–water partition coefficient (Wildman–Crippen LogP) is 0.878. The highest BCUT2D eigenvalue weighted by Crippen LogP contribution is 2.22. The Kier molecular flexibility index (Phi) is 1.73. The van der Waals surface area contributed by atoms with Crippen LogP contribution in [0.3, 0.4) is 0 Å². The number of aromatic amines is 1. The summed E-state index contributed by atoms with van der Waals surface area (Å²) in [5.74, 6) is 0.258. The van der Waals surface area contributed by atoms with Gasteiger partial charge in [-0.05, 0) is 6.26 Å². The van der Waals surface area contributed by atoms with Crippen LogP contribution in [-0.2, 0) is 0 Å². The number of imidazole rings is 1. The van der Waals surface area contributed by atoms with E-state index in [1.54, 1.807) is 6.26 Å². The normalized spacial score (nSPS) is 15.6. The first-order valence-electron chi connectivity index (χ1n) is 3.46. The van der Waals surface area contributed by atoms with Crippen LogP contribution in [0.1, 0.15) is 5.69 Å². The van der Waals surface area contributed by atoms with Crippen LogP contribution >= 0.6 is 11.8 Å². The van der Waals surface area contributed by atoms with E-state index in [0.29, 0.717) is 16.3 Å². The Labute approximate surface area is 77.6 Å². The van der Waals surface area contributed by atoms with Crippen molar-refractivity contribution in [3.63, 3.8) is 0 Å². The van der Waals surface area contributed by atoms with Crippen LogP contribution in [0, 0.1) is 10.3 Å². The third-order valence-corrected chi connectivity index (χ3v) is 2.24. The van der Waals surface area contributed by atoms with Crippen LogP contribution in [0.25, 0.3) is 0 Å². The van der Waals surface area contributed by atoms with E-state index in [4.69, 9.17) is 5.41 Å². The van der Waals surface area contributed by atoms with E-state index < -0.39 is 0 Å². The zero-order valence-electron chi connectivity index (χ0n) is 6.74. The van der Waals surface area contributed by atoms with Gasteiger partial charge in [0, 0.05) is 4.76 Å². The molecule has 1 aromatic heterocycles. The average molecular weight is 196 g/mol. The molecule has 1 aliphatic rings. The summed E-state index contributed by atoms with van der Waals surface area (Å²) in [7, 11) is 0. The molecule has 6 nitrogen and oxygen atoms in total. The minimum Gasteiger partial charge on any atom is -0.336 e. The maximum absolute atomic E-state index is 11.3. The van der Waals surface area contributed by atoms with Crippen molar-refractivity contribution in [3.05, 3.63) is 16.9 Å². The topological polar surface area (TPSA) is 85.0 Å². The number of nitroso groups, excluding NO2 is 1. The van der Waals surface area contributed by atoms with Gasteiger partial charge in [0.25, 0.3) is 5.82 Å². The van der Waals surface area contributed by atoms with Crippen molar-refractivity contribution in [1.29, 1.82) is 5.41 Å². The quantitative estimate of drug-likeness (QED) is 0.604. The van der Waals surface area contributed by atoms with Gasteiger partial charge in [0.05, 0.1) is 6.33 Å². The highest BCUT2D eigenvalue weighted by Gasteiger charge is 2.33. The number of amidine groups is 2. The van der Waals surface area contributed by atoms with Gasteiger partial charge in [-0.3, -0.25) is 0 Å².